The number of fused-ring (bicyclic) bond motifs is 1. The van der Waals surface area contributed by atoms with Crippen molar-refractivity contribution in [2.24, 2.45) is 0 Å². The van der Waals surface area contributed by atoms with Crippen molar-refractivity contribution in [1.82, 2.24) is 0 Å². The number of hydrogen-bond donors (Lipinski definition) is 1. The molecule has 0 fully saturated rings. The monoisotopic (exact) mass is 343 g/mol. The van der Waals surface area contributed by atoms with Crippen LogP contribution in [0.4, 0.5) is 5.69 Å². The Balaban J connectivity index is 1.56. The molecular weight excluding hydrogens is 326 g/mol. The first-order valence-electron chi connectivity index (χ1n) is 8.16. The Morgan fingerprint density at radius 2 is 1.68 bits per heavy atom. The molecular formula is C22H17NOS. The topological polar surface area (TPSA) is 43.1 Å². The summed E-state index contributed by atoms with van der Waals surface area (Å²) in [6.45, 7) is 0. The minimum absolute atomic E-state index is 0.149. The third-order valence-electron chi connectivity index (χ3n) is 4.23. The molecule has 0 spiro atoms. The van der Waals surface area contributed by atoms with Crippen LogP contribution in [0.3, 0.4) is 0 Å². The van der Waals surface area contributed by atoms with E-state index in [1.54, 1.807) is 0 Å². The van der Waals surface area contributed by atoms with E-state index in [0.717, 1.165) is 26.6 Å². The van der Waals surface area contributed by atoms with Gasteiger partial charge < -0.3 is 5.73 Å². The summed E-state index contributed by atoms with van der Waals surface area (Å²) in [7, 11) is 0. The third-order valence-corrected chi connectivity index (χ3v) is 5.41. The van der Waals surface area contributed by atoms with Crippen molar-refractivity contribution in [2.75, 3.05) is 5.73 Å². The second-order valence-corrected chi connectivity index (χ2v) is 7.15. The van der Waals surface area contributed by atoms with E-state index in [0.29, 0.717) is 6.42 Å². The van der Waals surface area contributed by atoms with Crippen molar-refractivity contribution in [3.05, 3.63) is 89.3 Å². The number of ketones is 1. The highest BCUT2D eigenvalue weighted by Crippen LogP contribution is 2.30. The number of carbonyl (C=O) groups is 1. The van der Waals surface area contributed by atoms with Crippen LogP contribution in [0.25, 0.3) is 21.2 Å². The van der Waals surface area contributed by atoms with Gasteiger partial charge in [0.05, 0.1) is 4.88 Å². The van der Waals surface area contributed by atoms with Gasteiger partial charge in [-0.2, -0.15) is 0 Å². The molecule has 1 heterocycles. The molecule has 0 radical (unpaired) electrons. The van der Waals surface area contributed by atoms with Crippen LogP contribution in [0.15, 0.2) is 78.9 Å². The molecule has 0 saturated heterocycles. The summed E-state index contributed by atoms with van der Waals surface area (Å²) in [6, 6.07) is 26.1. The first kappa shape index (κ1) is 15.6. The second kappa shape index (κ2) is 6.54. The minimum atomic E-state index is 0.149. The van der Waals surface area contributed by atoms with E-state index in [2.05, 4.69) is 24.3 Å². The van der Waals surface area contributed by atoms with E-state index in [9.17, 15) is 4.79 Å². The SMILES string of the molecule is Nc1cccc(-c2ccc(C(=O)Cc3ccc4ccccc4c3)s2)c1. The number of anilines is 1. The fraction of sp³-hybridized carbons (Fsp3) is 0.0455. The van der Waals surface area contributed by atoms with Crippen LogP contribution in [0.1, 0.15) is 15.2 Å². The van der Waals surface area contributed by atoms with Crippen molar-refractivity contribution in [3.8, 4) is 10.4 Å². The van der Waals surface area contributed by atoms with Crippen molar-refractivity contribution in [3.63, 3.8) is 0 Å². The molecule has 0 bridgehead atoms. The number of carbonyl (C=O) groups excluding carboxylic acids is 1. The van der Waals surface area contributed by atoms with Crippen LogP contribution in [0.5, 0.6) is 0 Å². The predicted octanol–water partition coefficient (Wildman–Crippen LogP) is 5.58. The van der Waals surface area contributed by atoms with Crippen LogP contribution < -0.4 is 5.73 Å². The Labute approximate surface area is 150 Å². The summed E-state index contributed by atoms with van der Waals surface area (Å²) in [6.07, 6.45) is 0.418. The summed E-state index contributed by atoms with van der Waals surface area (Å²) in [4.78, 5) is 14.5. The Morgan fingerprint density at radius 3 is 2.52 bits per heavy atom. The normalized spacial score (nSPS) is 10.9. The van der Waals surface area contributed by atoms with Crippen LogP contribution >= 0.6 is 11.3 Å². The zero-order valence-electron chi connectivity index (χ0n) is 13.6. The molecule has 0 unspecified atom stereocenters. The van der Waals surface area contributed by atoms with E-state index in [1.807, 2.05) is 54.6 Å². The Kier molecular flexibility index (Phi) is 4.08. The van der Waals surface area contributed by atoms with E-state index >= 15 is 0 Å². The van der Waals surface area contributed by atoms with Crippen molar-refractivity contribution in [1.29, 1.82) is 0 Å². The Morgan fingerprint density at radius 1 is 0.840 bits per heavy atom. The van der Waals surface area contributed by atoms with Gasteiger partial charge in [0, 0.05) is 17.0 Å². The van der Waals surface area contributed by atoms with Crippen molar-refractivity contribution in [2.45, 2.75) is 6.42 Å². The largest absolute Gasteiger partial charge is 0.399 e. The molecule has 0 atom stereocenters. The van der Waals surface area contributed by atoms with Gasteiger partial charge in [-0.1, -0.05) is 54.6 Å². The lowest BCUT2D eigenvalue weighted by atomic mass is 10.0. The molecule has 0 aliphatic heterocycles. The fourth-order valence-corrected chi connectivity index (χ4v) is 3.90. The zero-order chi connectivity index (χ0) is 17.2. The number of Topliss-reactive ketones (excluding diaryl/α,β-unsaturated/α-hetero) is 1. The summed E-state index contributed by atoms with van der Waals surface area (Å²) < 4.78 is 0. The summed E-state index contributed by atoms with van der Waals surface area (Å²) in [5, 5.41) is 2.36. The number of nitrogen functional groups attached to an aromatic ring is 1. The molecule has 2 nitrogen and oxygen atoms in total. The lowest BCUT2D eigenvalue weighted by molar-refractivity contribution is 0.0997. The Bertz CT molecular complexity index is 1060. The smallest absolute Gasteiger partial charge is 0.177 e. The predicted molar refractivity (Wildman–Crippen MR) is 106 cm³/mol. The van der Waals surface area contributed by atoms with Crippen LogP contribution in [0, 0.1) is 0 Å². The third kappa shape index (κ3) is 3.32. The van der Waals surface area contributed by atoms with Crippen molar-refractivity contribution >= 4 is 33.6 Å². The molecule has 0 saturated carbocycles. The molecule has 3 aromatic carbocycles. The van der Waals surface area contributed by atoms with Gasteiger partial charge in [0.25, 0.3) is 0 Å². The molecule has 0 amide bonds. The lowest BCUT2D eigenvalue weighted by Gasteiger charge is -2.03. The molecule has 3 heteroatoms. The van der Waals surface area contributed by atoms with Gasteiger partial charge in [0.1, 0.15) is 0 Å². The molecule has 4 rings (SSSR count). The van der Waals surface area contributed by atoms with E-state index < -0.39 is 0 Å². The highest BCUT2D eigenvalue weighted by molar-refractivity contribution is 7.17. The van der Waals surface area contributed by atoms with E-state index in [4.69, 9.17) is 5.73 Å². The minimum Gasteiger partial charge on any atom is -0.399 e. The number of hydrogen-bond acceptors (Lipinski definition) is 3. The van der Waals surface area contributed by atoms with Gasteiger partial charge in [0.2, 0.25) is 0 Å². The van der Waals surface area contributed by atoms with Crippen LogP contribution in [-0.4, -0.2) is 5.78 Å². The zero-order valence-corrected chi connectivity index (χ0v) is 14.4. The van der Waals surface area contributed by atoms with E-state index in [1.165, 1.54) is 22.1 Å². The molecule has 0 aliphatic carbocycles. The van der Waals surface area contributed by atoms with Crippen molar-refractivity contribution < 1.29 is 4.79 Å². The molecule has 1 aromatic heterocycles. The van der Waals surface area contributed by atoms with Crippen LogP contribution in [0.2, 0.25) is 0 Å². The molecule has 0 aliphatic rings. The van der Waals surface area contributed by atoms with Gasteiger partial charge in [-0.15, -0.1) is 11.3 Å². The van der Waals surface area contributed by atoms with Gasteiger partial charge >= 0.3 is 0 Å². The molecule has 4 aromatic rings. The summed E-state index contributed by atoms with van der Waals surface area (Å²) in [5.41, 5.74) is 8.67. The number of nitrogens with two attached hydrogens (primary N) is 1. The average Bonchev–Trinajstić information content (AvgIpc) is 3.12. The number of benzene rings is 3. The summed E-state index contributed by atoms with van der Waals surface area (Å²) >= 11 is 1.52. The first-order chi connectivity index (χ1) is 12.2. The summed E-state index contributed by atoms with van der Waals surface area (Å²) in [5.74, 6) is 0.149. The average molecular weight is 343 g/mol. The maximum absolute atomic E-state index is 12.6. The van der Waals surface area contributed by atoms with Gasteiger partial charge in [-0.25, -0.2) is 0 Å². The number of thiophene rings is 1. The van der Waals surface area contributed by atoms with Gasteiger partial charge in [-0.3, -0.25) is 4.79 Å². The van der Waals surface area contributed by atoms with Gasteiger partial charge in [0.15, 0.2) is 5.78 Å². The maximum Gasteiger partial charge on any atom is 0.177 e. The highest BCUT2D eigenvalue weighted by atomic mass is 32.1. The van der Waals surface area contributed by atoms with E-state index in [-0.39, 0.29) is 5.78 Å². The fourth-order valence-electron chi connectivity index (χ4n) is 2.96. The lowest BCUT2D eigenvalue weighted by Crippen LogP contribution is -2.00. The molecule has 122 valence electrons. The Hall–Kier alpha value is -2.91. The van der Waals surface area contributed by atoms with Crippen LogP contribution in [-0.2, 0) is 6.42 Å². The first-order valence-corrected chi connectivity index (χ1v) is 8.97. The maximum atomic E-state index is 12.6. The second-order valence-electron chi connectivity index (χ2n) is 6.07. The van der Waals surface area contributed by atoms with Gasteiger partial charge in [-0.05, 0) is 46.2 Å². The highest BCUT2D eigenvalue weighted by Gasteiger charge is 2.12. The molecule has 2 N–H and O–H groups in total. The molecule has 25 heavy (non-hydrogen) atoms. The number of rotatable bonds is 4. The quantitative estimate of drug-likeness (QED) is 0.388. The standard InChI is InChI=1S/C22H17NOS/c23-19-7-3-6-18(14-19)21-10-11-22(25-21)20(24)13-15-8-9-16-4-1-2-5-17(16)12-15/h1-12,14H,13,23H2.